The number of rotatable bonds is 4. The van der Waals surface area contributed by atoms with Crippen LogP contribution in [0.4, 0.5) is 10.5 Å². The SMILES string of the molecule is CC(C)(C)OC(=O)Nc1ccc(-c2nc(S(C)(=O)=O)nc3c2C(=O)N(C2CCOCC2)CC(C)(C)O3)cc1. The summed E-state index contributed by atoms with van der Waals surface area (Å²) in [6.45, 7) is 10.3. The van der Waals surface area contributed by atoms with Gasteiger partial charge in [0.1, 0.15) is 16.8 Å². The zero-order valence-electron chi connectivity index (χ0n) is 22.5. The van der Waals surface area contributed by atoms with E-state index in [9.17, 15) is 18.0 Å². The summed E-state index contributed by atoms with van der Waals surface area (Å²) in [5.74, 6) is -0.403. The van der Waals surface area contributed by atoms with E-state index in [1.54, 1.807) is 49.9 Å². The first-order chi connectivity index (χ1) is 17.6. The lowest BCUT2D eigenvalue weighted by atomic mass is 10.0. The van der Waals surface area contributed by atoms with Gasteiger partial charge in [0, 0.05) is 36.8 Å². The van der Waals surface area contributed by atoms with Gasteiger partial charge in [0.15, 0.2) is 0 Å². The van der Waals surface area contributed by atoms with E-state index in [0.29, 0.717) is 43.9 Å². The number of amides is 2. The van der Waals surface area contributed by atoms with Crippen molar-refractivity contribution < 1.29 is 32.2 Å². The highest BCUT2D eigenvalue weighted by Crippen LogP contribution is 2.37. The summed E-state index contributed by atoms with van der Waals surface area (Å²) >= 11 is 0. The van der Waals surface area contributed by atoms with Gasteiger partial charge in [0.25, 0.3) is 11.1 Å². The number of benzene rings is 1. The fraction of sp³-hybridized carbons (Fsp3) is 0.538. The fourth-order valence-corrected chi connectivity index (χ4v) is 4.91. The average Bonchev–Trinajstić information content (AvgIpc) is 2.91. The Kier molecular flexibility index (Phi) is 7.41. The highest BCUT2D eigenvalue weighted by Gasteiger charge is 2.41. The molecule has 1 saturated heterocycles. The molecule has 0 saturated carbocycles. The Morgan fingerprint density at radius 1 is 1.13 bits per heavy atom. The van der Waals surface area contributed by atoms with Gasteiger partial charge in [-0.2, -0.15) is 4.98 Å². The topological polar surface area (TPSA) is 137 Å². The molecule has 12 heteroatoms. The van der Waals surface area contributed by atoms with Crippen LogP contribution in [-0.2, 0) is 19.3 Å². The van der Waals surface area contributed by atoms with Crippen LogP contribution in [0, 0.1) is 0 Å². The number of aromatic nitrogens is 2. The molecule has 206 valence electrons. The number of carbonyl (C=O) groups is 2. The minimum absolute atomic E-state index is 0.0621. The van der Waals surface area contributed by atoms with Crippen LogP contribution >= 0.6 is 0 Å². The van der Waals surface area contributed by atoms with E-state index in [1.165, 1.54) is 0 Å². The zero-order valence-corrected chi connectivity index (χ0v) is 23.3. The van der Waals surface area contributed by atoms with Gasteiger partial charge in [-0.15, -0.1) is 0 Å². The molecule has 0 unspecified atom stereocenters. The predicted molar refractivity (Wildman–Crippen MR) is 140 cm³/mol. The molecule has 2 aliphatic heterocycles. The third-order valence-electron chi connectivity index (χ3n) is 6.02. The summed E-state index contributed by atoms with van der Waals surface area (Å²) in [5, 5.41) is 2.21. The third-order valence-corrected chi connectivity index (χ3v) is 6.87. The first kappa shape index (κ1) is 27.8. The summed E-state index contributed by atoms with van der Waals surface area (Å²) in [6.07, 6.45) is 1.75. The van der Waals surface area contributed by atoms with Crippen LogP contribution in [0.1, 0.15) is 57.8 Å². The van der Waals surface area contributed by atoms with Gasteiger partial charge in [-0.25, -0.2) is 18.2 Å². The lowest BCUT2D eigenvalue weighted by molar-refractivity contribution is 0.00661. The smallest absolute Gasteiger partial charge is 0.412 e. The summed E-state index contributed by atoms with van der Waals surface area (Å²) < 4.78 is 41.9. The molecule has 0 spiro atoms. The number of nitrogens with one attached hydrogen (secondary N) is 1. The molecular formula is C26H34N4O7S. The summed E-state index contributed by atoms with van der Waals surface area (Å²) in [7, 11) is -3.83. The monoisotopic (exact) mass is 546 g/mol. The van der Waals surface area contributed by atoms with Gasteiger partial charge < -0.3 is 19.1 Å². The Morgan fingerprint density at radius 2 is 1.76 bits per heavy atom. The molecule has 38 heavy (non-hydrogen) atoms. The van der Waals surface area contributed by atoms with Crippen LogP contribution < -0.4 is 10.1 Å². The van der Waals surface area contributed by atoms with E-state index in [0.717, 1.165) is 6.26 Å². The minimum Gasteiger partial charge on any atom is -0.469 e. The first-order valence-corrected chi connectivity index (χ1v) is 14.3. The van der Waals surface area contributed by atoms with E-state index in [1.807, 2.05) is 13.8 Å². The maximum absolute atomic E-state index is 14.0. The number of sulfone groups is 1. The lowest BCUT2D eigenvalue weighted by Gasteiger charge is -2.36. The third kappa shape index (κ3) is 6.41. The summed E-state index contributed by atoms with van der Waals surface area (Å²) in [4.78, 5) is 36.5. The van der Waals surface area contributed by atoms with Crippen molar-refractivity contribution in [1.29, 1.82) is 0 Å². The van der Waals surface area contributed by atoms with Crippen molar-refractivity contribution in [3.05, 3.63) is 29.8 Å². The van der Waals surface area contributed by atoms with Gasteiger partial charge in [0.2, 0.25) is 15.7 Å². The van der Waals surface area contributed by atoms with E-state index >= 15 is 0 Å². The number of fused-ring (bicyclic) bond motifs is 1. The Morgan fingerprint density at radius 3 is 2.34 bits per heavy atom. The minimum atomic E-state index is -3.83. The first-order valence-electron chi connectivity index (χ1n) is 12.4. The van der Waals surface area contributed by atoms with Crippen LogP contribution in [0.3, 0.4) is 0 Å². The Balaban J connectivity index is 1.79. The molecular weight excluding hydrogens is 512 g/mol. The normalized spacial score (nSPS) is 18.3. The van der Waals surface area contributed by atoms with Crippen molar-refractivity contribution in [2.75, 3.05) is 31.3 Å². The Labute approximate surface area is 222 Å². The van der Waals surface area contributed by atoms with Gasteiger partial charge >= 0.3 is 6.09 Å². The predicted octanol–water partition coefficient (Wildman–Crippen LogP) is 3.69. The van der Waals surface area contributed by atoms with Crippen molar-refractivity contribution in [1.82, 2.24) is 14.9 Å². The molecule has 0 aliphatic carbocycles. The maximum atomic E-state index is 14.0. The van der Waals surface area contributed by atoms with E-state index in [2.05, 4.69) is 15.3 Å². The number of ether oxygens (including phenoxy) is 3. The van der Waals surface area contributed by atoms with Crippen molar-refractivity contribution in [2.24, 2.45) is 0 Å². The number of hydrogen-bond acceptors (Lipinski definition) is 9. The van der Waals surface area contributed by atoms with E-state index in [-0.39, 0.29) is 29.1 Å². The second-order valence-electron chi connectivity index (χ2n) is 11.1. The second-order valence-corrected chi connectivity index (χ2v) is 13.1. The highest BCUT2D eigenvalue weighted by atomic mass is 32.2. The molecule has 1 fully saturated rings. The van der Waals surface area contributed by atoms with Gasteiger partial charge in [-0.3, -0.25) is 10.1 Å². The summed E-state index contributed by atoms with van der Waals surface area (Å²) in [5.41, 5.74) is -0.331. The average molecular weight is 547 g/mol. The summed E-state index contributed by atoms with van der Waals surface area (Å²) in [6, 6.07) is 6.46. The van der Waals surface area contributed by atoms with E-state index < -0.39 is 32.3 Å². The maximum Gasteiger partial charge on any atom is 0.412 e. The lowest BCUT2D eigenvalue weighted by Crippen LogP contribution is -2.49. The number of anilines is 1. The molecule has 2 aromatic rings. The molecule has 0 atom stereocenters. The Bertz CT molecular complexity index is 1330. The van der Waals surface area contributed by atoms with Crippen LogP contribution in [-0.4, -0.2) is 78.5 Å². The molecule has 0 radical (unpaired) electrons. The van der Waals surface area contributed by atoms with Crippen LogP contribution in [0.2, 0.25) is 0 Å². The molecule has 11 nitrogen and oxygen atoms in total. The zero-order chi connectivity index (χ0) is 27.9. The fourth-order valence-electron chi connectivity index (χ4n) is 4.41. The molecule has 4 rings (SSSR count). The molecule has 3 heterocycles. The van der Waals surface area contributed by atoms with Gasteiger partial charge in [0.05, 0.1) is 12.2 Å². The van der Waals surface area contributed by atoms with Gasteiger partial charge in [-0.1, -0.05) is 12.1 Å². The second kappa shape index (κ2) is 10.1. The van der Waals surface area contributed by atoms with Crippen LogP contribution in [0.15, 0.2) is 29.4 Å². The van der Waals surface area contributed by atoms with Crippen molar-refractivity contribution >= 4 is 27.5 Å². The Hall–Kier alpha value is -3.25. The molecule has 1 N–H and O–H groups in total. The molecule has 1 aromatic heterocycles. The van der Waals surface area contributed by atoms with Crippen molar-refractivity contribution in [3.8, 4) is 17.1 Å². The quantitative estimate of drug-likeness (QED) is 0.569. The largest absolute Gasteiger partial charge is 0.469 e. The number of hydrogen-bond donors (Lipinski definition) is 1. The molecule has 1 aromatic carbocycles. The van der Waals surface area contributed by atoms with Gasteiger partial charge in [-0.05, 0) is 59.6 Å². The van der Waals surface area contributed by atoms with E-state index in [4.69, 9.17) is 14.2 Å². The molecule has 0 bridgehead atoms. The number of carbonyl (C=O) groups excluding carboxylic acids is 2. The van der Waals surface area contributed by atoms with Crippen LogP contribution in [0.25, 0.3) is 11.3 Å². The van der Waals surface area contributed by atoms with Crippen LogP contribution in [0.5, 0.6) is 5.88 Å². The molecule has 2 aliphatic rings. The van der Waals surface area contributed by atoms with Crippen molar-refractivity contribution in [3.63, 3.8) is 0 Å². The molecule has 2 amide bonds. The standard InChI is InChI=1S/C26H34N4O7S/c1-25(2,3)37-24(32)27-17-9-7-16(8-10-17)20-19-21(29-23(28-20)38(6,33)34)36-26(4,5)15-30(22(19)31)18-11-13-35-14-12-18/h7-10,18H,11-15H2,1-6H3,(H,27,32). The van der Waals surface area contributed by atoms with Crippen molar-refractivity contribution in [2.45, 2.75) is 69.9 Å². The highest BCUT2D eigenvalue weighted by molar-refractivity contribution is 7.90. The number of nitrogens with zero attached hydrogens (tertiary/aromatic N) is 3.